The minimum absolute atomic E-state index is 0.231. The molecule has 1 aliphatic carbocycles. The fraction of sp³-hybridized carbons (Fsp3) is 0.917. The van der Waals surface area contributed by atoms with Crippen LogP contribution in [0.3, 0.4) is 0 Å². The molecule has 0 spiro atoms. The maximum Gasteiger partial charge on any atom is 0.314 e. The first-order valence-corrected chi connectivity index (χ1v) is 6.35. The lowest BCUT2D eigenvalue weighted by Gasteiger charge is -2.13. The van der Waals surface area contributed by atoms with Gasteiger partial charge in [0.1, 0.15) is 0 Å². The molecule has 0 aromatic heterocycles. The summed E-state index contributed by atoms with van der Waals surface area (Å²) in [6.45, 7) is 5.95. The van der Waals surface area contributed by atoms with Crippen LogP contribution in [-0.2, 0) is 4.74 Å². The highest BCUT2D eigenvalue weighted by molar-refractivity contribution is 5.73. The normalized spacial score (nSPS) is 16.9. The number of amides is 2. The maximum atomic E-state index is 11.3. The van der Waals surface area contributed by atoms with Crippen molar-refractivity contribution in [1.29, 1.82) is 0 Å². The molecule has 1 rings (SSSR count). The highest BCUT2D eigenvalue weighted by atomic mass is 16.5. The van der Waals surface area contributed by atoms with E-state index in [1.807, 2.05) is 13.8 Å². The highest BCUT2D eigenvalue weighted by Crippen LogP contribution is 2.28. The van der Waals surface area contributed by atoms with Crippen LogP contribution in [0.4, 0.5) is 4.79 Å². The molecule has 1 unspecified atom stereocenters. The predicted molar refractivity (Wildman–Crippen MR) is 65.8 cm³/mol. The van der Waals surface area contributed by atoms with Crippen LogP contribution in [0.5, 0.6) is 0 Å². The predicted octanol–water partition coefficient (Wildman–Crippen LogP) is 0.729. The highest BCUT2D eigenvalue weighted by Gasteiger charge is 2.21. The number of aliphatic hydroxyl groups excluding tert-OH is 1. The van der Waals surface area contributed by atoms with Gasteiger partial charge in [-0.05, 0) is 24.7 Å². The topological polar surface area (TPSA) is 70.6 Å². The first-order chi connectivity index (χ1) is 8.08. The van der Waals surface area contributed by atoms with Gasteiger partial charge in [0, 0.05) is 19.7 Å². The summed E-state index contributed by atoms with van der Waals surface area (Å²) < 4.78 is 5.33. The molecule has 1 aliphatic rings. The molecule has 5 nitrogen and oxygen atoms in total. The second-order valence-corrected chi connectivity index (χ2v) is 5.12. The van der Waals surface area contributed by atoms with Crippen molar-refractivity contribution >= 4 is 6.03 Å². The van der Waals surface area contributed by atoms with E-state index < -0.39 is 6.10 Å². The Balaban J connectivity index is 1.93. The van der Waals surface area contributed by atoms with Crippen molar-refractivity contribution in [2.24, 2.45) is 11.8 Å². The lowest BCUT2D eigenvalue weighted by molar-refractivity contribution is 0.0337. The molecule has 0 aromatic carbocycles. The van der Waals surface area contributed by atoms with E-state index >= 15 is 0 Å². The Labute approximate surface area is 103 Å². The van der Waals surface area contributed by atoms with E-state index in [0.717, 1.165) is 6.61 Å². The van der Waals surface area contributed by atoms with Gasteiger partial charge in [-0.15, -0.1) is 0 Å². The number of ether oxygens (including phenoxy) is 1. The number of aliphatic hydroxyl groups is 1. The molecule has 3 N–H and O–H groups in total. The lowest BCUT2D eigenvalue weighted by Crippen LogP contribution is -2.42. The van der Waals surface area contributed by atoms with Crippen LogP contribution < -0.4 is 10.6 Å². The average molecular weight is 244 g/mol. The minimum Gasteiger partial charge on any atom is -0.389 e. The van der Waals surface area contributed by atoms with Crippen LogP contribution in [0, 0.1) is 11.8 Å². The largest absolute Gasteiger partial charge is 0.389 e. The first kappa shape index (κ1) is 14.3. The molecule has 0 aliphatic heterocycles. The number of carbonyl (C=O) groups is 1. The smallest absolute Gasteiger partial charge is 0.314 e. The van der Waals surface area contributed by atoms with Crippen LogP contribution >= 0.6 is 0 Å². The lowest BCUT2D eigenvalue weighted by atomic mass is 10.2. The molecule has 0 saturated heterocycles. The van der Waals surface area contributed by atoms with Gasteiger partial charge in [-0.1, -0.05) is 13.8 Å². The molecule has 1 fully saturated rings. The Morgan fingerprint density at radius 1 is 1.35 bits per heavy atom. The second-order valence-electron chi connectivity index (χ2n) is 5.12. The van der Waals surface area contributed by atoms with Crippen LogP contribution in [0.2, 0.25) is 0 Å². The van der Waals surface area contributed by atoms with Gasteiger partial charge in [0.25, 0.3) is 0 Å². The van der Waals surface area contributed by atoms with Gasteiger partial charge in [-0.2, -0.15) is 0 Å². The van der Waals surface area contributed by atoms with Crippen molar-refractivity contribution in [1.82, 2.24) is 10.6 Å². The van der Waals surface area contributed by atoms with Crippen LogP contribution in [0.1, 0.15) is 26.7 Å². The van der Waals surface area contributed by atoms with Crippen molar-refractivity contribution < 1.29 is 14.6 Å². The standard InChI is InChI=1S/C12H24N2O3/c1-9(2)5-13-12(16)14-6-11(15)8-17-7-10-3-4-10/h9-11,15H,3-8H2,1-2H3,(H2,13,14,16). The van der Waals surface area contributed by atoms with Gasteiger partial charge in [0.05, 0.1) is 12.7 Å². The summed E-state index contributed by atoms with van der Waals surface area (Å²) in [6, 6.07) is -0.236. The number of urea groups is 1. The molecule has 0 aromatic rings. The number of hydrogen-bond acceptors (Lipinski definition) is 3. The van der Waals surface area contributed by atoms with Crippen LogP contribution in [0.25, 0.3) is 0 Å². The molecule has 1 saturated carbocycles. The third kappa shape index (κ3) is 7.99. The molecule has 2 amide bonds. The molecule has 0 bridgehead atoms. The zero-order chi connectivity index (χ0) is 12.7. The molecule has 17 heavy (non-hydrogen) atoms. The van der Waals surface area contributed by atoms with Gasteiger partial charge in [-0.3, -0.25) is 0 Å². The number of hydrogen-bond donors (Lipinski definition) is 3. The fourth-order valence-corrected chi connectivity index (χ4v) is 1.28. The summed E-state index contributed by atoms with van der Waals surface area (Å²) in [5, 5.41) is 14.9. The van der Waals surface area contributed by atoms with Gasteiger partial charge in [-0.25, -0.2) is 4.79 Å². The Morgan fingerprint density at radius 2 is 2.00 bits per heavy atom. The van der Waals surface area contributed by atoms with Crippen LogP contribution in [-0.4, -0.2) is 43.5 Å². The molecule has 100 valence electrons. The number of carbonyl (C=O) groups excluding carboxylic acids is 1. The number of nitrogens with one attached hydrogen (secondary N) is 2. The summed E-state index contributed by atoms with van der Waals surface area (Å²) in [4.78, 5) is 11.3. The minimum atomic E-state index is -0.626. The maximum absolute atomic E-state index is 11.3. The van der Waals surface area contributed by atoms with Gasteiger partial charge in [0.2, 0.25) is 0 Å². The summed E-state index contributed by atoms with van der Waals surface area (Å²) in [6.07, 6.45) is 1.86. The Hall–Kier alpha value is -0.810. The Morgan fingerprint density at radius 3 is 2.59 bits per heavy atom. The molecular weight excluding hydrogens is 220 g/mol. The van der Waals surface area contributed by atoms with Crippen molar-refractivity contribution in [3.05, 3.63) is 0 Å². The van der Waals surface area contributed by atoms with Gasteiger partial charge < -0.3 is 20.5 Å². The second kappa shape index (κ2) is 7.50. The summed E-state index contributed by atoms with van der Waals surface area (Å²) in [5.74, 6) is 1.12. The van der Waals surface area contributed by atoms with E-state index in [-0.39, 0.29) is 12.6 Å². The number of rotatable bonds is 8. The van der Waals surface area contributed by atoms with E-state index in [4.69, 9.17) is 4.74 Å². The fourth-order valence-electron chi connectivity index (χ4n) is 1.28. The van der Waals surface area contributed by atoms with Crippen molar-refractivity contribution in [3.63, 3.8) is 0 Å². The van der Waals surface area contributed by atoms with E-state index in [1.54, 1.807) is 0 Å². The Bertz CT molecular complexity index is 230. The van der Waals surface area contributed by atoms with E-state index in [2.05, 4.69) is 10.6 Å². The zero-order valence-electron chi connectivity index (χ0n) is 10.7. The quantitative estimate of drug-likeness (QED) is 0.589. The van der Waals surface area contributed by atoms with Gasteiger partial charge in [0.15, 0.2) is 0 Å². The molecule has 0 radical (unpaired) electrons. The average Bonchev–Trinajstić information content (AvgIpc) is 3.07. The Kier molecular flexibility index (Phi) is 6.29. The molecule has 1 atom stereocenters. The third-order valence-corrected chi connectivity index (χ3v) is 2.53. The summed E-state index contributed by atoms with van der Waals surface area (Å²) >= 11 is 0. The molecular formula is C12H24N2O3. The zero-order valence-corrected chi connectivity index (χ0v) is 10.7. The third-order valence-electron chi connectivity index (χ3n) is 2.53. The molecule has 0 heterocycles. The van der Waals surface area contributed by atoms with Crippen molar-refractivity contribution in [2.75, 3.05) is 26.3 Å². The van der Waals surface area contributed by atoms with Crippen molar-refractivity contribution in [3.8, 4) is 0 Å². The molecule has 5 heteroatoms. The monoisotopic (exact) mass is 244 g/mol. The van der Waals surface area contributed by atoms with E-state index in [9.17, 15) is 9.90 Å². The first-order valence-electron chi connectivity index (χ1n) is 6.35. The SMILES string of the molecule is CC(C)CNC(=O)NCC(O)COCC1CC1. The van der Waals surface area contributed by atoms with Crippen molar-refractivity contribution in [2.45, 2.75) is 32.8 Å². The van der Waals surface area contributed by atoms with E-state index in [0.29, 0.717) is 25.0 Å². The van der Waals surface area contributed by atoms with Crippen LogP contribution in [0.15, 0.2) is 0 Å². The van der Waals surface area contributed by atoms with E-state index in [1.165, 1.54) is 12.8 Å². The van der Waals surface area contributed by atoms with Gasteiger partial charge >= 0.3 is 6.03 Å². The summed E-state index contributed by atoms with van der Waals surface area (Å²) in [7, 11) is 0. The summed E-state index contributed by atoms with van der Waals surface area (Å²) in [5.41, 5.74) is 0.